The van der Waals surface area contributed by atoms with Gasteiger partial charge in [-0.3, -0.25) is 0 Å². The Kier molecular flexibility index (Phi) is 6.27. The van der Waals surface area contributed by atoms with Gasteiger partial charge in [0.05, 0.1) is 12.6 Å². The first kappa shape index (κ1) is 16.5. The van der Waals surface area contributed by atoms with Gasteiger partial charge in [0.2, 0.25) is 0 Å². The molecule has 2 nitrogen and oxygen atoms in total. The summed E-state index contributed by atoms with van der Waals surface area (Å²) < 4.78 is 7.69. The van der Waals surface area contributed by atoms with E-state index in [1.54, 1.807) is 0 Å². The van der Waals surface area contributed by atoms with Gasteiger partial charge in [-0.25, -0.2) is 0 Å². The summed E-state index contributed by atoms with van der Waals surface area (Å²) in [5.74, 6) is 0.888. The first-order chi connectivity index (χ1) is 10.2. The second kappa shape index (κ2) is 7.97. The van der Waals surface area contributed by atoms with E-state index in [-0.39, 0.29) is 6.04 Å². The quantitative estimate of drug-likeness (QED) is 0.694. The number of benzene rings is 2. The molecule has 0 saturated heterocycles. The van der Waals surface area contributed by atoms with Gasteiger partial charge in [0.15, 0.2) is 0 Å². The summed E-state index contributed by atoms with van der Waals surface area (Å²) in [6.07, 6.45) is 0. The third kappa shape index (κ3) is 4.31. The van der Waals surface area contributed by atoms with Gasteiger partial charge in [-0.05, 0) is 48.9 Å². The van der Waals surface area contributed by atoms with Crippen LogP contribution in [0.5, 0.6) is 5.75 Å². The molecule has 0 spiro atoms. The van der Waals surface area contributed by atoms with Crippen LogP contribution in [0, 0.1) is 0 Å². The van der Waals surface area contributed by atoms with Gasteiger partial charge in [-0.2, -0.15) is 0 Å². The molecule has 0 fully saturated rings. The summed E-state index contributed by atoms with van der Waals surface area (Å²) in [4.78, 5) is 0. The highest BCUT2D eigenvalue weighted by Crippen LogP contribution is 2.32. The predicted molar refractivity (Wildman–Crippen MR) is 95.0 cm³/mol. The molecule has 2 rings (SSSR count). The summed E-state index contributed by atoms with van der Waals surface area (Å²) in [7, 11) is 0. The van der Waals surface area contributed by atoms with Gasteiger partial charge in [-0.1, -0.05) is 57.0 Å². The highest BCUT2D eigenvalue weighted by molar-refractivity contribution is 9.10. The summed E-state index contributed by atoms with van der Waals surface area (Å²) in [5, 5.41) is 3.54. The molecule has 2 aromatic rings. The van der Waals surface area contributed by atoms with Gasteiger partial charge in [0.25, 0.3) is 0 Å². The topological polar surface area (TPSA) is 21.3 Å². The third-order valence-corrected chi connectivity index (χ3v) is 4.42. The van der Waals surface area contributed by atoms with Crippen molar-refractivity contribution in [1.82, 2.24) is 5.32 Å². The number of halogens is 2. The molecule has 112 valence electrons. The van der Waals surface area contributed by atoms with Crippen LogP contribution in [0.15, 0.2) is 51.4 Å². The van der Waals surface area contributed by atoms with Crippen LogP contribution in [0.1, 0.15) is 31.0 Å². The maximum absolute atomic E-state index is 5.55. The van der Waals surface area contributed by atoms with Crippen molar-refractivity contribution in [2.75, 3.05) is 13.2 Å². The van der Waals surface area contributed by atoms with E-state index >= 15 is 0 Å². The molecule has 1 N–H and O–H groups in total. The zero-order valence-electron chi connectivity index (χ0n) is 12.2. The van der Waals surface area contributed by atoms with Gasteiger partial charge in [0.1, 0.15) is 5.75 Å². The van der Waals surface area contributed by atoms with Crippen molar-refractivity contribution in [3.05, 3.63) is 62.5 Å². The average Bonchev–Trinajstić information content (AvgIpc) is 2.47. The lowest BCUT2D eigenvalue weighted by Crippen LogP contribution is -2.22. The molecule has 0 aliphatic heterocycles. The van der Waals surface area contributed by atoms with E-state index in [4.69, 9.17) is 4.74 Å². The van der Waals surface area contributed by atoms with E-state index in [0.717, 1.165) is 21.2 Å². The fourth-order valence-electron chi connectivity index (χ4n) is 2.27. The average molecular weight is 413 g/mol. The van der Waals surface area contributed by atoms with E-state index < -0.39 is 0 Å². The van der Waals surface area contributed by atoms with Crippen LogP contribution in [0.3, 0.4) is 0 Å². The minimum Gasteiger partial charge on any atom is -0.494 e. The number of hydrogen-bond donors (Lipinski definition) is 1. The molecule has 0 aliphatic rings. The minimum atomic E-state index is 0.160. The van der Waals surface area contributed by atoms with Crippen molar-refractivity contribution in [1.29, 1.82) is 0 Å². The van der Waals surface area contributed by atoms with E-state index in [0.29, 0.717) is 6.61 Å². The number of hydrogen-bond acceptors (Lipinski definition) is 2. The Labute approximate surface area is 143 Å². The first-order valence-corrected chi connectivity index (χ1v) is 8.65. The fraction of sp³-hybridized carbons (Fsp3) is 0.294. The molecule has 0 aromatic heterocycles. The third-order valence-electron chi connectivity index (χ3n) is 3.21. The highest BCUT2D eigenvalue weighted by Gasteiger charge is 2.16. The van der Waals surface area contributed by atoms with Gasteiger partial charge >= 0.3 is 0 Å². The fourth-order valence-corrected chi connectivity index (χ4v) is 3.12. The number of ether oxygens (including phenoxy) is 1. The van der Waals surface area contributed by atoms with E-state index in [2.05, 4.69) is 74.4 Å². The van der Waals surface area contributed by atoms with Crippen molar-refractivity contribution >= 4 is 31.9 Å². The summed E-state index contributed by atoms with van der Waals surface area (Å²) in [5.41, 5.74) is 2.45. The molecular weight excluding hydrogens is 394 g/mol. The second-order valence-electron chi connectivity index (χ2n) is 4.66. The SMILES string of the molecule is CCNC(c1ccc(Br)cc1)c1ccc(OCC)cc1Br. The van der Waals surface area contributed by atoms with E-state index in [9.17, 15) is 0 Å². The molecule has 1 unspecified atom stereocenters. The van der Waals surface area contributed by atoms with Crippen molar-refractivity contribution in [2.45, 2.75) is 19.9 Å². The zero-order chi connectivity index (χ0) is 15.2. The lowest BCUT2D eigenvalue weighted by Gasteiger charge is -2.21. The van der Waals surface area contributed by atoms with Crippen LogP contribution in [-0.2, 0) is 0 Å². The predicted octanol–water partition coefficient (Wildman–Crippen LogP) is 5.31. The Morgan fingerprint density at radius 1 is 1.05 bits per heavy atom. The van der Waals surface area contributed by atoms with E-state index in [1.165, 1.54) is 11.1 Å². The Morgan fingerprint density at radius 2 is 1.76 bits per heavy atom. The van der Waals surface area contributed by atoms with Crippen molar-refractivity contribution in [3.8, 4) is 5.75 Å². The molecule has 0 heterocycles. The Bertz CT molecular complexity index is 584. The van der Waals surface area contributed by atoms with Crippen molar-refractivity contribution in [2.24, 2.45) is 0 Å². The Morgan fingerprint density at radius 3 is 2.33 bits per heavy atom. The lowest BCUT2D eigenvalue weighted by molar-refractivity contribution is 0.340. The number of rotatable bonds is 6. The molecular formula is C17H19Br2NO. The van der Waals surface area contributed by atoms with Crippen LogP contribution in [-0.4, -0.2) is 13.2 Å². The van der Waals surface area contributed by atoms with Crippen molar-refractivity contribution in [3.63, 3.8) is 0 Å². The summed E-state index contributed by atoms with van der Waals surface area (Å²) in [6.45, 7) is 5.69. The van der Waals surface area contributed by atoms with Crippen LogP contribution < -0.4 is 10.1 Å². The maximum Gasteiger partial charge on any atom is 0.120 e. The Hall–Kier alpha value is -0.840. The van der Waals surface area contributed by atoms with Crippen LogP contribution >= 0.6 is 31.9 Å². The van der Waals surface area contributed by atoms with Gasteiger partial charge < -0.3 is 10.1 Å². The smallest absolute Gasteiger partial charge is 0.120 e. The van der Waals surface area contributed by atoms with Crippen LogP contribution in [0.25, 0.3) is 0 Å². The molecule has 0 saturated carbocycles. The highest BCUT2D eigenvalue weighted by atomic mass is 79.9. The standard InChI is InChI=1S/C17H19Br2NO/c1-3-20-17(12-5-7-13(18)8-6-12)15-10-9-14(21-4-2)11-16(15)19/h5-11,17,20H,3-4H2,1-2H3. The van der Waals surface area contributed by atoms with Crippen LogP contribution in [0.2, 0.25) is 0 Å². The molecule has 21 heavy (non-hydrogen) atoms. The van der Waals surface area contributed by atoms with Gasteiger partial charge in [0, 0.05) is 8.95 Å². The Balaban J connectivity index is 2.35. The molecule has 0 amide bonds. The molecule has 0 aliphatic carbocycles. The normalized spacial score (nSPS) is 12.2. The van der Waals surface area contributed by atoms with Gasteiger partial charge in [-0.15, -0.1) is 0 Å². The molecule has 2 aromatic carbocycles. The summed E-state index contributed by atoms with van der Waals surface area (Å²) >= 11 is 7.16. The molecule has 1 atom stereocenters. The molecule has 0 bridgehead atoms. The number of nitrogens with one attached hydrogen (secondary N) is 1. The molecule has 0 radical (unpaired) electrons. The largest absolute Gasteiger partial charge is 0.494 e. The second-order valence-corrected chi connectivity index (χ2v) is 6.43. The minimum absolute atomic E-state index is 0.160. The lowest BCUT2D eigenvalue weighted by atomic mass is 9.98. The van der Waals surface area contributed by atoms with Crippen molar-refractivity contribution < 1.29 is 4.74 Å². The monoisotopic (exact) mass is 411 g/mol. The zero-order valence-corrected chi connectivity index (χ0v) is 15.4. The first-order valence-electron chi connectivity index (χ1n) is 7.06. The van der Waals surface area contributed by atoms with E-state index in [1.807, 2.05) is 19.1 Å². The molecule has 4 heteroatoms. The summed E-state index contributed by atoms with van der Waals surface area (Å²) in [6, 6.07) is 14.7. The van der Waals surface area contributed by atoms with Crippen LogP contribution in [0.4, 0.5) is 0 Å². The maximum atomic E-state index is 5.55.